The summed E-state index contributed by atoms with van der Waals surface area (Å²) in [4.78, 5) is 3.61. The lowest BCUT2D eigenvalue weighted by atomic mass is 10.3. The predicted molar refractivity (Wildman–Crippen MR) is 50.7 cm³/mol. The predicted octanol–water partition coefficient (Wildman–Crippen LogP) is 1.16. The van der Waals surface area contributed by atoms with Crippen LogP contribution in [-0.2, 0) is 13.5 Å². The van der Waals surface area contributed by atoms with E-state index in [0.717, 1.165) is 0 Å². The van der Waals surface area contributed by atoms with Gasteiger partial charge in [0, 0.05) is 7.05 Å². The van der Waals surface area contributed by atoms with E-state index in [2.05, 4.69) is 15.2 Å². The van der Waals surface area contributed by atoms with E-state index in [9.17, 15) is 13.2 Å². The van der Waals surface area contributed by atoms with E-state index in [0.29, 0.717) is 5.56 Å². The molecule has 0 amide bonds. The molecule has 2 N–H and O–H groups in total. The number of hydrogen-bond acceptors (Lipinski definition) is 5. The molecule has 0 aliphatic heterocycles. The van der Waals surface area contributed by atoms with E-state index >= 15 is 0 Å². The van der Waals surface area contributed by atoms with Crippen LogP contribution in [0.25, 0.3) is 11.5 Å². The molecule has 0 bridgehead atoms. The quantitative estimate of drug-likeness (QED) is 0.860. The molecule has 2 heterocycles. The highest BCUT2D eigenvalue weighted by atomic mass is 19.4. The molecule has 0 spiro atoms. The fourth-order valence-electron chi connectivity index (χ4n) is 1.23. The van der Waals surface area contributed by atoms with Crippen molar-refractivity contribution in [3.63, 3.8) is 0 Å². The van der Waals surface area contributed by atoms with Crippen LogP contribution in [0.1, 0.15) is 5.82 Å². The largest absolute Gasteiger partial charge is 0.396 e. The molecular weight excluding hydrogens is 239 g/mol. The summed E-state index contributed by atoms with van der Waals surface area (Å²) in [5.41, 5.74) is 5.93. The third-order valence-corrected chi connectivity index (χ3v) is 2.04. The normalized spacial score (nSPS) is 12.0. The van der Waals surface area contributed by atoms with Crippen LogP contribution in [0.2, 0.25) is 0 Å². The standard InChI is InChI=1S/C8H8F3N5O/c1-16-6(12)4(3-13-16)7-14-5(15-17-7)2-8(9,10)11/h3H,2,12H2,1H3. The Morgan fingerprint density at radius 1 is 1.47 bits per heavy atom. The average molecular weight is 247 g/mol. The van der Waals surface area contributed by atoms with Crippen molar-refractivity contribution in [2.24, 2.45) is 7.05 Å². The lowest BCUT2D eigenvalue weighted by molar-refractivity contribution is -0.128. The molecule has 9 heteroatoms. The molecule has 17 heavy (non-hydrogen) atoms. The smallest absolute Gasteiger partial charge is 0.383 e. The molecule has 2 rings (SSSR count). The maximum Gasteiger partial charge on any atom is 0.396 e. The van der Waals surface area contributed by atoms with Crippen LogP contribution < -0.4 is 5.73 Å². The molecule has 6 nitrogen and oxygen atoms in total. The van der Waals surface area contributed by atoms with Crippen molar-refractivity contribution in [1.82, 2.24) is 19.9 Å². The van der Waals surface area contributed by atoms with Crippen molar-refractivity contribution in [2.75, 3.05) is 5.73 Å². The first-order chi connectivity index (χ1) is 7.87. The lowest BCUT2D eigenvalue weighted by Crippen LogP contribution is -2.12. The Morgan fingerprint density at radius 2 is 2.18 bits per heavy atom. The molecule has 0 atom stereocenters. The van der Waals surface area contributed by atoms with Gasteiger partial charge in [0.2, 0.25) is 0 Å². The SMILES string of the molecule is Cn1ncc(-c2nc(CC(F)(F)F)no2)c1N. The number of nitrogens with two attached hydrogens (primary N) is 1. The highest BCUT2D eigenvalue weighted by Gasteiger charge is 2.31. The summed E-state index contributed by atoms with van der Waals surface area (Å²) >= 11 is 0. The van der Waals surface area contributed by atoms with E-state index in [1.54, 1.807) is 7.05 Å². The van der Waals surface area contributed by atoms with Gasteiger partial charge in [0.05, 0.1) is 6.20 Å². The number of aromatic nitrogens is 4. The lowest BCUT2D eigenvalue weighted by Gasteiger charge is -1.99. The molecule has 2 aromatic rings. The summed E-state index contributed by atoms with van der Waals surface area (Å²) in [5.74, 6) is -0.266. The summed E-state index contributed by atoms with van der Waals surface area (Å²) in [7, 11) is 1.59. The summed E-state index contributed by atoms with van der Waals surface area (Å²) in [6, 6.07) is 0. The Morgan fingerprint density at radius 3 is 2.71 bits per heavy atom. The van der Waals surface area contributed by atoms with Gasteiger partial charge in [0.1, 0.15) is 17.8 Å². The van der Waals surface area contributed by atoms with Crippen LogP contribution in [0.4, 0.5) is 19.0 Å². The molecule has 0 aliphatic carbocycles. The zero-order valence-electron chi connectivity index (χ0n) is 8.69. The Kier molecular flexibility index (Phi) is 2.52. The van der Waals surface area contributed by atoms with Crippen LogP contribution in [0.15, 0.2) is 10.7 Å². The second-order valence-electron chi connectivity index (χ2n) is 3.37. The van der Waals surface area contributed by atoms with E-state index in [4.69, 9.17) is 10.3 Å². The Bertz CT molecular complexity index is 529. The minimum absolute atomic E-state index is 0.0742. The third-order valence-electron chi connectivity index (χ3n) is 2.04. The van der Waals surface area contributed by atoms with Crippen molar-refractivity contribution in [3.05, 3.63) is 12.0 Å². The summed E-state index contributed by atoms with van der Waals surface area (Å²) in [6.07, 6.45) is -4.27. The zero-order valence-corrected chi connectivity index (χ0v) is 8.69. The van der Waals surface area contributed by atoms with E-state index in [1.165, 1.54) is 10.9 Å². The van der Waals surface area contributed by atoms with Crippen LogP contribution in [-0.4, -0.2) is 26.1 Å². The van der Waals surface area contributed by atoms with Crippen LogP contribution in [0.3, 0.4) is 0 Å². The minimum Gasteiger partial charge on any atom is -0.383 e. The molecule has 0 unspecified atom stereocenters. The first-order valence-electron chi connectivity index (χ1n) is 4.54. The number of halogens is 3. The number of nitrogen functional groups attached to an aromatic ring is 1. The highest BCUT2D eigenvalue weighted by Crippen LogP contribution is 2.25. The second kappa shape index (κ2) is 3.75. The fourth-order valence-corrected chi connectivity index (χ4v) is 1.23. The van der Waals surface area contributed by atoms with Gasteiger partial charge in [0.25, 0.3) is 5.89 Å². The first-order valence-corrected chi connectivity index (χ1v) is 4.54. The van der Waals surface area contributed by atoms with Crippen molar-refractivity contribution in [3.8, 4) is 11.5 Å². The van der Waals surface area contributed by atoms with Crippen LogP contribution >= 0.6 is 0 Å². The first kappa shape index (κ1) is 11.4. The summed E-state index contributed by atoms with van der Waals surface area (Å²) < 4.78 is 42.3. The maximum atomic E-state index is 12.1. The van der Waals surface area contributed by atoms with E-state index in [1.807, 2.05) is 0 Å². The molecule has 0 saturated carbocycles. The molecule has 0 saturated heterocycles. The van der Waals surface area contributed by atoms with Gasteiger partial charge < -0.3 is 10.3 Å². The number of nitrogens with zero attached hydrogens (tertiary/aromatic N) is 4. The van der Waals surface area contributed by atoms with E-state index in [-0.39, 0.29) is 11.7 Å². The topological polar surface area (TPSA) is 82.8 Å². The van der Waals surface area contributed by atoms with Crippen LogP contribution in [0, 0.1) is 0 Å². The third kappa shape index (κ3) is 2.37. The van der Waals surface area contributed by atoms with Gasteiger partial charge in [-0.2, -0.15) is 23.3 Å². The number of aryl methyl sites for hydroxylation is 1. The maximum absolute atomic E-state index is 12.1. The zero-order chi connectivity index (χ0) is 12.6. The van der Waals surface area contributed by atoms with Crippen molar-refractivity contribution in [1.29, 1.82) is 0 Å². The van der Waals surface area contributed by atoms with Crippen molar-refractivity contribution < 1.29 is 17.7 Å². The van der Waals surface area contributed by atoms with Crippen molar-refractivity contribution in [2.45, 2.75) is 12.6 Å². The van der Waals surface area contributed by atoms with Crippen molar-refractivity contribution >= 4 is 5.82 Å². The van der Waals surface area contributed by atoms with Gasteiger partial charge in [-0.25, -0.2) is 0 Å². The average Bonchev–Trinajstić information content (AvgIpc) is 2.74. The van der Waals surface area contributed by atoms with Gasteiger partial charge >= 0.3 is 6.18 Å². The Hall–Kier alpha value is -2.06. The highest BCUT2D eigenvalue weighted by molar-refractivity contribution is 5.66. The molecule has 0 aliphatic rings. The van der Waals surface area contributed by atoms with Gasteiger partial charge in [-0.05, 0) is 0 Å². The second-order valence-corrected chi connectivity index (χ2v) is 3.37. The fraction of sp³-hybridized carbons (Fsp3) is 0.375. The van der Waals surface area contributed by atoms with Gasteiger partial charge in [-0.15, -0.1) is 0 Å². The molecule has 0 fully saturated rings. The number of rotatable bonds is 2. The van der Waals surface area contributed by atoms with Gasteiger partial charge in [-0.1, -0.05) is 5.16 Å². The van der Waals surface area contributed by atoms with Gasteiger partial charge in [0.15, 0.2) is 5.82 Å². The molecule has 2 aromatic heterocycles. The summed E-state index contributed by atoms with van der Waals surface area (Å²) in [6.45, 7) is 0. The number of alkyl halides is 3. The number of hydrogen-bond donors (Lipinski definition) is 1. The minimum atomic E-state index is -4.37. The van der Waals surface area contributed by atoms with E-state index < -0.39 is 18.4 Å². The monoisotopic (exact) mass is 247 g/mol. The molecule has 0 aromatic carbocycles. The summed E-state index contributed by atoms with van der Waals surface area (Å²) in [5, 5.41) is 7.05. The Labute approximate surface area is 93.2 Å². The molecule has 92 valence electrons. The molecular formula is C8H8F3N5O. The Balaban J connectivity index is 2.27. The molecule has 0 radical (unpaired) electrons. The van der Waals surface area contributed by atoms with Crippen LogP contribution in [0.5, 0.6) is 0 Å². The van der Waals surface area contributed by atoms with Gasteiger partial charge in [-0.3, -0.25) is 4.68 Å². The number of anilines is 1.